The second kappa shape index (κ2) is 8.86. The van der Waals surface area contributed by atoms with E-state index in [1.54, 1.807) is 36.4 Å². The van der Waals surface area contributed by atoms with Crippen LogP contribution in [0.4, 0.5) is 5.69 Å². The van der Waals surface area contributed by atoms with E-state index in [0.717, 1.165) is 5.56 Å². The summed E-state index contributed by atoms with van der Waals surface area (Å²) in [5, 5.41) is 12.4. The maximum atomic E-state index is 12.1. The van der Waals surface area contributed by atoms with Crippen molar-refractivity contribution in [2.24, 2.45) is 0 Å². The van der Waals surface area contributed by atoms with Crippen LogP contribution in [-0.4, -0.2) is 24.9 Å². The average Bonchev–Trinajstić information content (AvgIpc) is 2.61. The van der Waals surface area contributed by atoms with Gasteiger partial charge in [0.1, 0.15) is 6.54 Å². The van der Waals surface area contributed by atoms with E-state index in [1.165, 1.54) is 11.8 Å². The molecule has 0 aliphatic heterocycles. The molecule has 2 aromatic rings. The molecule has 0 aliphatic carbocycles. The molecule has 0 radical (unpaired) electrons. The van der Waals surface area contributed by atoms with E-state index in [4.69, 9.17) is 16.9 Å². The van der Waals surface area contributed by atoms with Gasteiger partial charge in [0.25, 0.3) is 0 Å². The molecule has 2 amide bonds. The molecule has 0 saturated heterocycles. The van der Waals surface area contributed by atoms with Crippen LogP contribution in [0.25, 0.3) is 0 Å². The molecule has 0 aromatic heterocycles. The van der Waals surface area contributed by atoms with Crippen LogP contribution in [0.2, 0.25) is 5.02 Å². The zero-order chi connectivity index (χ0) is 18.2. The normalized spacial score (nSPS) is 9.96. The number of hydrogen-bond acceptors (Lipinski definition) is 3. The van der Waals surface area contributed by atoms with Gasteiger partial charge < -0.3 is 10.2 Å². The quantitative estimate of drug-likeness (QED) is 0.865. The van der Waals surface area contributed by atoms with Gasteiger partial charge in [-0.25, -0.2) is 0 Å². The highest BCUT2D eigenvalue weighted by Crippen LogP contribution is 2.16. The van der Waals surface area contributed by atoms with Crippen molar-refractivity contribution in [3.63, 3.8) is 0 Å². The Kier molecular flexibility index (Phi) is 6.55. The number of rotatable bonds is 6. The molecule has 5 nitrogen and oxygen atoms in total. The summed E-state index contributed by atoms with van der Waals surface area (Å²) in [6.45, 7) is 1.76. The fraction of sp³-hybridized carbons (Fsp3) is 0.211. The first-order chi connectivity index (χ1) is 12.0. The Morgan fingerprint density at radius 3 is 2.56 bits per heavy atom. The van der Waals surface area contributed by atoms with Gasteiger partial charge in [0.05, 0.1) is 11.6 Å². The van der Waals surface area contributed by atoms with E-state index in [0.29, 0.717) is 29.2 Å². The van der Waals surface area contributed by atoms with Crippen molar-refractivity contribution in [3.8, 4) is 6.07 Å². The van der Waals surface area contributed by atoms with Crippen molar-refractivity contribution in [2.45, 2.75) is 13.3 Å². The highest BCUT2D eigenvalue weighted by molar-refractivity contribution is 6.30. The highest BCUT2D eigenvalue weighted by Gasteiger charge is 2.16. The summed E-state index contributed by atoms with van der Waals surface area (Å²) in [5.41, 5.74) is 2.03. The zero-order valence-corrected chi connectivity index (χ0v) is 14.6. The van der Waals surface area contributed by atoms with Gasteiger partial charge in [0.15, 0.2) is 0 Å². The fourth-order valence-electron chi connectivity index (χ4n) is 2.32. The summed E-state index contributed by atoms with van der Waals surface area (Å²) >= 11 is 5.84. The number of carbonyl (C=O) groups excluding carboxylic acids is 2. The van der Waals surface area contributed by atoms with E-state index in [9.17, 15) is 9.59 Å². The molecular formula is C19H18ClN3O2. The number of nitriles is 1. The standard InChI is InChI=1S/C19H18ClN3O2/c1-14(24)23(18-4-2-3-16(11-18)12-21)13-19(25)22-10-9-15-5-7-17(20)8-6-15/h2-8,11H,9-10,13H2,1H3,(H,22,25). The molecule has 0 heterocycles. The van der Waals surface area contributed by atoms with Gasteiger partial charge in [0, 0.05) is 24.2 Å². The number of benzene rings is 2. The lowest BCUT2D eigenvalue weighted by Crippen LogP contribution is -2.40. The Morgan fingerprint density at radius 2 is 1.92 bits per heavy atom. The van der Waals surface area contributed by atoms with Crippen LogP contribution >= 0.6 is 11.6 Å². The Bertz CT molecular complexity index is 797. The molecule has 128 valence electrons. The van der Waals surface area contributed by atoms with Gasteiger partial charge >= 0.3 is 0 Å². The minimum absolute atomic E-state index is 0.0924. The van der Waals surface area contributed by atoms with Crippen molar-refractivity contribution in [1.82, 2.24) is 5.32 Å². The molecule has 0 fully saturated rings. The predicted octanol–water partition coefficient (Wildman–Crippen LogP) is 2.92. The second-order valence-corrected chi connectivity index (χ2v) is 5.93. The lowest BCUT2D eigenvalue weighted by molar-refractivity contribution is -0.123. The number of carbonyl (C=O) groups is 2. The Balaban J connectivity index is 1.92. The SMILES string of the molecule is CC(=O)N(CC(=O)NCCc1ccc(Cl)cc1)c1cccc(C#N)c1. The van der Waals surface area contributed by atoms with Crippen LogP contribution in [0.15, 0.2) is 48.5 Å². The number of halogens is 1. The molecule has 1 N–H and O–H groups in total. The van der Waals surface area contributed by atoms with Crippen LogP contribution < -0.4 is 10.2 Å². The van der Waals surface area contributed by atoms with Gasteiger partial charge in [0.2, 0.25) is 11.8 Å². The topological polar surface area (TPSA) is 73.2 Å². The first-order valence-electron chi connectivity index (χ1n) is 7.79. The first-order valence-corrected chi connectivity index (χ1v) is 8.17. The van der Waals surface area contributed by atoms with Crippen molar-refractivity contribution in [1.29, 1.82) is 5.26 Å². The van der Waals surface area contributed by atoms with Gasteiger partial charge in [-0.05, 0) is 42.3 Å². The zero-order valence-electron chi connectivity index (χ0n) is 13.8. The van der Waals surface area contributed by atoms with Crippen molar-refractivity contribution < 1.29 is 9.59 Å². The minimum Gasteiger partial charge on any atom is -0.354 e. The number of hydrogen-bond donors (Lipinski definition) is 1. The molecule has 6 heteroatoms. The molecular weight excluding hydrogens is 338 g/mol. The third-order valence-corrected chi connectivity index (χ3v) is 3.87. The average molecular weight is 356 g/mol. The fourth-order valence-corrected chi connectivity index (χ4v) is 2.45. The van der Waals surface area contributed by atoms with Crippen molar-refractivity contribution in [2.75, 3.05) is 18.0 Å². The van der Waals surface area contributed by atoms with Gasteiger partial charge in [-0.2, -0.15) is 5.26 Å². The maximum Gasteiger partial charge on any atom is 0.240 e. The van der Waals surface area contributed by atoms with E-state index in [-0.39, 0.29) is 18.4 Å². The van der Waals surface area contributed by atoms with E-state index >= 15 is 0 Å². The Hall–Kier alpha value is -2.84. The lowest BCUT2D eigenvalue weighted by Gasteiger charge is -2.20. The summed E-state index contributed by atoms with van der Waals surface area (Å²) in [6, 6.07) is 16.1. The molecule has 2 aromatic carbocycles. The van der Waals surface area contributed by atoms with Gasteiger partial charge in [-0.15, -0.1) is 0 Å². The molecule has 0 bridgehead atoms. The van der Waals surface area contributed by atoms with Crippen LogP contribution in [0, 0.1) is 11.3 Å². The highest BCUT2D eigenvalue weighted by atomic mass is 35.5. The van der Waals surface area contributed by atoms with E-state index in [1.807, 2.05) is 18.2 Å². The van der Waals surface area contributed by atoms with Crippen molar-refractivity contribution in [3.05, 3.63) is 64.7 Å². The second-order valence-electron chi connectivity index (χ2n) is 5.49. The third-order valence-electron chi connectivity index (χ3n) is 3.62. The number of anilines is 1. The number of nitrogens with one attached hydrogen (secondary N) is 1. The van der Waals surface area contributed by atoms with Gasteiger partial charge in [-0.1, -0.05) is 29.8 Å². The number of amides is 2. The smallest absolute Gasteiger partial charge is 0.240 e. The predicted molar refractivity (Wildman–Crippen MR) is 97.3 cm³/mol. The Morgan fingerprint density at radius 1 is 1.20 bits per heavy atom. The number of nitrogens with zero attached hydrogens (tertiary/aromatic N) is 2. The molecule has 25 heavy (non-hydrogen) atoms. The van der Waals surface area contributed by atoms with Crippen LogP contribution in [0.3, 0.4) is 0 Å². The summed E-state index contributed by atoms with van der Waals surface area (Å²) in [6.07, 6.45) is 0.674. The third kappa shape index (κ3) is 5.63. The molecule has 0 aliphatic rings. The molecule has 0 unspecified atom stereocenters. The monoisotopic (exact) mass is 355 g/mol. The molecule has 2 rings (SSSR count). The first kappa shape index (κ1) is 18.5. The van der Waals surface area contributed by atoms with Crippen molar-refractivity contribution >= 4 is 29.1 Å². The van der Waals surface area contributed by atoms with Crippen LogP contribution in [0.5, 0.6) is 0 Å². The lowest BCUT2D eigenvalue weighted by atomic mass is 10.1. The summed E-state index contributed by atoms with van der Waals surface area (Å²) in [7, 11) is 0. The minimum atomic E-state index is -0.261. The van der Waals surface area contributed by atoms with E-state index in [2.05, 4.69) is 5.32 Å². The summed E-state index contributed by atoms with van der Waals surface area (Å²) in [4.78, 5) is 25.3. The molecule has 0 atom stereocenters. The van der Waals surface area contributed by atoms with Gasteiger partial charge in [-0.3, -0.25) is 9.59 Å². The van der Waals surface area contributed by atoms with Crippen LogP contribution in [0.1, 0.15) is 18.1 Å². The summed E-state index contributed by atoms with van der Waals surface area (Å²) < 4.78 is 0. The molecule has 0 spiro atoms. The van der Waals surface area contributed by atoms with Crippen LogP contribution in [-0.2, 0) is 16.0 Å². The van der Waals surface area contributed by atoms with E-state index < -0.39 is 0 Å². The molecule has 0 saturated carbocycles. The maximum absolute atomic E-state index is 12.1. The summed E-state index contributed by atoms with van der Waals surface area (Å²) in [5.74, 6) is -0.519. The largest absolute Gasteiger partial charge is 0.354 e. The Labute approximate surface area is 151 Å².